The maximum absolute atomic E-state index is 3.89. The summed E-state index contributed by atoms with van der Waals surface area (Å²) in [5.74, 6) is 0. The molecule has 1 saturated carbocycles. The Morgan fingerprint density at radius 1 is 1.44 bits per heavy atom. The van der Waals surface area contributed by atoms with Crippen LogP contribution in [-0.4, -0.2) is 11.6 Å². The number of hydrogen-bond acceptors (Lipinski definition) is 2. The van der Waals surface area contributed by atoms with E-state index in [1.165, 1.54) is 43.4 Å². The van der Waals surface area contributed by atoms with Crippen molar-refractivity contribution in [3.05, 3.63) is 22.4 Å². The molecule has 0 amide bonds. The number of hydrogen-bond donors (Lipinski definition) is 1. The Morgan fingerprint density at radius 3 is 2.75 bits per heavy atom. The van der Waals surface area contributed by atoms with Gasteiger partial charge in [-0.05, 0) is 44.1 Å². The Balaban J connectivity index is 1.90. The summed E-state index contributed by atoms with van der Waals surface area (Å²) in [5, 5.41) is 6.07. The van der Waals surface area contributed by atoms with Gasteiger partial charge in [0.2, 0.25) is 0 Å². The lowest BCUT2D eigenvalue weighted by molar-refractivity contribution is 0.307. The van der Waals surface area contributed by atoms with E-state index < -0.39 is 0 Å². The van der Waals surface area contributed by atoms with Gasteiger partial charge in [0.1, 0.15) is 0 Å². The van der Waals surface area contributed by atoms with Gasteiger partial charge in [-0.2, -0.15) is 0 Å². The maximum Gasteiger partial charge on any atom is 0.0156 e. The predicted molar refractivity (Wildman–Crippen MR) is 72.1 cm³/mol. The average Bonchev–Trinajstić information content (AvgIpc) is 2.89. The molecule has 1 aliphatic rings. The van der Waals surface area contributed by atoms with Crippen LogP contribution in [-0.2, 0) is 6.42 Å². The summed E-state index contributed by atoms with van der Waals surface area (Å²) in [6, 6.07) is 5.07. The fraction of sp³-hybridized carbons (Fsp3) is 0.714. The van der Waals surface area contributed by atoms with Crippen molar-refractivity contribution in [2.24, 2.45) is 0 Å². The minimum atomic E-state index is 0.415. The first kappa shape index (κ1) is 12.1. The molecule has 1 unspecified atom stereocenters. The molecule has 1 fully saturated rings. The molecule has 1 heterocycles. The number of thiophene rings is 1. The van der Waals surface area contributed by atoms with Crippen LogP contribution < -0.4 is 5.32 Å². The highest BCUT2D eigenvalue weighted by Crippen LogP contribution is 2.30. The SMILES string of the molecule is CCC(Cc1cccs1)NC1(C)CCCC1. The van der Waals surface area contributed by atoms with Crippen LogP contribution in [0.2, 0.25) is 0 Å². The second-order valence-corrected chi connectivity index (χ2v) is 6.33. The summed E-state index contributed by atoms with van der Waals surface area (Å²) in [7, 11) is 0. The van der Waals surface area contributed by atoms with Gasteiger partial charge in [-0.1, -0.05) is 25.8 Å². The van der Waals surface area contributed by atoms with Crippen LogP contribution in [0.4, 0.5) is 0 Å². The Morgan fingerprint density at radius 2 is 2.19 bits per heavy atom. The zero-order chi connectivity index (χ0) is 11.4. The van der Waals surface area contributed by atoms with E-state index in [0.29, 0.717) is 11.6 Å². The number of nitrogens with one attached hydrogen (secondary N) is 1. The molecular weight excluding hydrogens is 214 g/mol. The third kappa shape index (κ3) is 3.08. The van der Waals surface area contributed by atoms with Crippen LogP contribution in [0, 0.1) is 0 Å². The average molecular weight is 237 g/mol. The zero-order valence-electron chi connectivity index (χ0n) is 10.5. The topological polar surface area (TPSA) is 12.0 Å². The quantitative estimate of drug-likeness (QED) is 0.816. The molecule has 1 atom stereocenters. The van der Waals surface area contributed by atoms with E-state index in [-0.39, 0.29) is 0 Å². The Bertz CT molecular complexity index is 299. The molecule has 0 bridgehead atoms. The molecule has 0 radical (unpaired) electrons. The molecule has 1 aromatic heterocycles. The van der Waals surface area contributed by atoms with Crippen LogP contribution >= 0.6 is 11.3 Å². The molecule has 1 nitrogen and oxygen atoms in total. The second kappa shape index (κ2) is 5.33. The first-order valence-corrected chi connectivity index (χ1v) is 7.40. The third-order valence-electron chi connectivity index (χ3n) is 3.78. The van der Waals surface area contributed by atoms with Crippen LogP contribution in [0.3, 0.4) is 0 Å². The molecule has 16 heavy (non-hydrogen) atoms. The van der Waals surface area contributed by atoms with Gasteiger partial charge in [0.25, 0.3) is 0 Å². The highest BCUT2D eigenvalue weighted by Gasteiger charge is 2.30. The van der Waals surface area contributed by atoms with Gasteiger partial charge in [-0.25, -0.2) is 0 Å². The second-order valence-electron chi connectivity index (χ2n) is 5.30. The molecule has 0 spiro atoms. The minimum Gasteiger partial charge on any atom is -0.308 e. The summed E-state index contributed by atoms with van der Waals surface area (Å²) in [4.78, 5) is 1.51. The van der Waals surface area contributed by atoms with Crippen LogP contribution in [0.15, 0.2) is 17.5 Å². The molecular formula is C14H23NS. The monoisotopic (exact) mass is 237 g/mol. The predicted octanol–water partition coefficient (Wildman–Crippen LogP) is 3.99. The van der Waals surface area contributed by atoms with Gasteiger partial charge in [0.15, 0.2) is 0 Å². The van der Waals surface area contributed by atoms with E-state index >= 15 is 0 Å². The molecule has 0 aliphatic heterocycles. The van der Waals surface area contributed by atoms with E-state index in [4.69, 9.17) is 0 Å². The van der Waals surface area contributed by atoms with E-state index in [9.17, 15) is 0 Å². The summed E-state index contributed by atoms with van der Waals surface area (Å²) in [6.45, 7) is 4.70. The molecule has 1 aliphatic carbocycles. The molecule has 1 aromatic rings. The van der Waals surface area contributed by atoms with Crippen molar-refractivity contribution in [2.45, 2.75) is 64.0 Å². The van der Waals surface area contributed by atoms with Crippen molar-refractivity contribution in [1.82, 2.24) is 5.32 Å². The fourth-order valence-electron chi connectivity index (χ4n) is 2.76. The molecule has 2 heteroatoms. The van der Waals surface area contributed by atoms with Gasteiger partial charge in [0.05, 0.1) is 0 Å². The highest BCUT2D eigenvalue weighted by molar-refractivity contribution is 7.09. The van der Waals surface area contributed by atoms with Gasteiger partial charge >= 0.3 is 0 Å². The van der Waals surface area contributed by atoms with Crippen molar-refractivity contribution >= 4 is 11.3 Å². The van der Waals surface area contributed by atoms with Gasteiger partial charge in [-0.15, -0.1) is 11.3 Å². The number of rotatable bonds is 5. The molecule has 2 rings (SSSR count). The summed E-state index contributed by atoms with van der Waals surface area (Å²) >= 11 is 1.88. The lowest BCUT2D eigenvalue weighted by atomic mass is 9.97. The summed E-state index contributed by atoms with van der Waals surface area (Å²) in [6.07, 6.45) is 7.94. The van der Waals surface area contributed by atoms with Crippen molar-refractivity contribution in [1.29, 1.82) is 0 Å². The molecule has 0 aromatic carbocycles. The smallest absolute Gasteiger partial charge is 0.0156 e. The first-order valence-electron chi connectivity index (χ1n) is 6.52. The van der Waals surface area contributed by atoms with Crippen LogP contribution in [0.5, 0.6) is 0 Å². The Hall–Kier alpha value is -0.340. The molecule has 1 N–H and O–H groups in total. The van der Waals surface area contributed by atoms with Crippen molar-refractivity contribution in [2.75, 3.05) is 0 Å². The van der Waals surface area contributed by atoms with Gasteiger partial charge in [0, 0.05) is 16.5 Å². The van der Waals surface area contributed by atoms with Crippen molar-refractivity contribution < 1.29 is 0 Å². The van der Waals surface area contributed by atoms with E-state index in [1.54, 1.807) is 0 Å². The lowest BCUT2D eigenvalue weighted by Gasteiger charge is -2.31. The Labute approximate surface area is 103 Å². The normalized spacial score (nSPS) is 21.1. The van der Waals surface area contributed by atoms with E-state index in [0.717, 1.165) is 0 Å². The van der Waals surface area contributed by atoms with Gasteiger partial charge in [-0.3, -0.25) is 0 Å². The van der Waals surface area contributed by atoms with Gasteiger partial charge < -0.3 is 5.32 Å². The Kier molecular flexibility index (Phi) is 4.04. The highest BCUT2D eigenvalue weighted by atomic mass is 32.1. The van der Waals surface area contributed by atoms with E-state index in [1.807, 2.05) is 11.3 Å². The standard InChI is InChI=1S/C14H23NS/c1-3-12(11-13-7-6-10-16-13)15-14(2)8-4-5-9-14/h6-7,10,12,15H,3-5,8-9,11H2,1-2H3. The van der Waals surface area contributed by atoms with Crippen molar-refractivity contribution in [3.63, 3.8) is 0 Å². The van der Waals surface area contributed by atoms with Crippen molar-refractivity contribution in [3.8, 4) is 0 Å². The fourth-order valence-corrected chi connectivity index (χ4v) is 3.55. The lowest BCUT2D eigenvalue weighted by Crippen LogP contribution is -2.46. The minimum absolute atomic E-state index is 0.415. The first-order chi connectivity index (χ1) is 7.72. The zero-order valence-corrected chi connectivity index (χ0v) is 11.3. The molecule has 0 saturated heterocycles. The maximum atomic E-state index is 3.89. The summed E-state index contributed by atoms with van der Waals surface area (Å²) < 4.78 is 0. The van der Waals surface area contributed by atoms with Crippen LogP contribution in [0.1, 0.15) is 50.8 Å². The summed E-state index contributed by atoms with van der Waals surface area (Å²) in [5.41, 5.74) is 0.415. The molecule has 90 valence electrons. The van der Waals surface area contributed by atoms with E-state index in [2.05, 4.69) is 36.7 Å². The van der Waals surface area contributed by atoms with Crippen LogP contribution in [0.25, 0.3) is 0 Å². The largest absolute Gasteiger partial charge is 0.308 e. The third-order valence-corrected chi connectivity index (χ3v) is 4.68.